The molecule has 0 heterocycles. The van der Waals surface area contributed by atoms with Crippen molar-refractivity contribution < 1.29 is 28.6 Å². The molecule has 0 aromatic rings. The van der Waals surface area contributed by atoms with E-state index < -0.39 is 6.10 Å². The third-order valence-electron chi connectivity index (χ3n) is 14.2. The summed E-state index contributed by atoms with van der Waals surface area (Å²) in [6.45, 7) is 6.53. The Morgan fingerprint density at radius 1 is 0.280 bits per heavy atom. The first-order valence-corrected chi connectivity index (χ1v) is 32.4. The van der Waals surface area contributed by atoms with E-state index >= 15 is 0 Å². The lowest BCUT2D eigenvalue weighted by molar-refractivity contribution is -0.167. The number of carbonyl (C=O) groups is 3. The lowest BCUT2D eigenvalue weighted by Gasteiger charge is -2.18. The normalized spacial score (nSPS) is 12.5. The van der Waals surface area contributed by atoms with Gasteiger partial charge in [-0.3, -0.25) is 14.4 Å². The van der Waals surface area contributed by atoms with Crippen LogP contribution < -0.4 is 0 Å². The van der Waals surface area contributed by atoms with Crippen molar-refractivity contribution in [1.82, 2.24) is 0 Å². The Bertz CT molecular complexity index is 1390. The summed E-state index contributed by atoms with van der Waals surface area (Å²) in [5.74, 6) is -0.893. The highest BCUT2D eigenvalue weighted by Crippen LogP contribution is 2.17. The fourth-order valence-corrected chi connectivity index (χ4v) is 9.35. The molecule has 434 valence electrons. The number of rotatable bonds is 59. The van der Waals surface area contributed by atoms with Crippen molar-refractivity contribution in [1.29, 1.82) is 0 Å². The number of hydrogen-bond donors (Lipinski definition) is 0. The monoisotopic (exact) mass is 1050 g/mol. The molecule has 6 heteroatoms. The molecule has 0 spiro atoms. The molecule has 0 bridgehead atoms. The van der Waals surface area contributed by atoms with Crippen molar-refractivity contribution in [2.24, 2.45) is 0 Å². The zero-order chi connectivity index (χ0) is 54.3. The van der Waals surface area contributed by atoms with Gasteiger partial charge in [-0.05, 0) is 89.9 Å². The van der Waals surface area contributed by atoms with E-state index in [4.69, 9.17) is 14.2 Å². The molecule has 0 aliphatic rings. The van der Waals surface area contributed by atoms with E-state index in [1.165, 1.54) is 186 Å². The minimum atomic E-state index is -0.787. The molecule has 75 heavy (non-hydrogen) atoms. The van der Waals surface area contributed by atoms with Crippen LogP contribution in [-0.4, -0.2) is 37.2 Å². The predicted molar refractivity (Wildman–Crippen MR) is 325 cm³/mol. The van der Waals surface area contributed by atoms with E-state index in [2.05, 4.69) is 93.7 Å². The van der Waals surface area contributed by atoms with Crippen LogP contribution in [0, 0.1) is 0 Å². The Kier molecular flexibility index (Phi) is 60.7. The van der Waals surface area contributed by atoms with Gasteiger partial charge in [-0.1, -0.05) is 293 Å². The van der Waals surface area contributed by atoms with E-state index in [1.54, 1.807) is 0 Å². The van der Waals surface area contributed by atoms with E-state index in [-0.39, 0.29) is 31.1 Å². The number of hydrogen-bond acceptors (Lipinski definition) is 6. The SMILES string of the molecule is CC/C=C\C/C=C\C/C=C\C/C=C\CCCCCCC(=O)OC[C@H](COC(=O)CCCCCCCCCCC/C=C\C/C=C\CCCCC)OC(=O)CCCCCCCCCCCCCCCCCCCCCCC. The molecule has 0 radical (unpaired) electrons. The maximum Gasteiger partial charge on any atom is 0.306 e. The van der Waals surface area contributed by atoms with Gasteiger partial charge in [0.2, 0.25) is 0 Å². The molecular formula is C69H122O6. The summed E-state index contributed by atoms with van der Waals surface area (Å²) in [5, 5.41) is 0. The summed E-state index contributed by atoms with van der Waals surface area (Å²) in [4.78, 5) is 38.4. The first-order chi connectivity index (χ1) is 37.0. The van der Waals surface area contributed by atoms with Gasteiger partial charge in [0.1, 0.15) is 13.2 Å². The molecule has 0 rings (SSSR count). The van der Waals surface area contributed by atoms with Gasteiger partial charge in [0.05, 0.1) is 0 Å². The standard InChI is InChI=1S/C69H122O6/c1-4-7-10-13-16-19-22-25-28-31-33-34-36-39-42-45-48-51-54-57-60-63-69(72)75-66(64-73-67(70)61-58-55-52-49-46-43-40-37-30-27-24-21-18-15-12-9-6-3)65-74-68(71)62-59-56-53-50-47-44-41-38-35-32-29-26-23-20-17-14-11-8-5-2/h9,12,17-18,20-21,26-27,29-30,40,43,66H,4-8,10-11,13-16,19,22-25,28,31-39,41-42,44-65H2,1-3H3/b12-9-,20-17-,21-18-,29-26-,30-27-,43-40-/t66-/m1/s1. The second-order valence-corrected chi connectivity index (χ2v) is 21.6. The fourth-order valence-electron chi connectivity index (χ4n) is 9.35. The summed E-state index contributed by atoms with van der Waals surface area (Å²) in [6, 6.07) is 0. The Balaban J connectivity index is 4.38. The predicted octanol–water partition coefficient (Wildman–Crippen LogP) is 22.1. The molecular weight excluding hydrogens is 925 g/mol. The minimum Gasteiger partial charge on any atom is -0.462 e. The summed E-state index contributed by atoms with van der Waals surface area (Å²) >= 11 is 0. The van der Waals surface area contributed by atoms with Crippen molar-refractivity contribution in [2.75, 3.05) is 13.2 Å². The van der Waals surface area contributed by atoms with E-state index in [1.807, 2.05) is 0 Å². The maximum absolute atomic E-state index is 12.9. The highest BCUT2D eigenvalue weighted by molar-refractivity contribution is 5.71. The third-order valence-corrected chi connectivity index (χ3v) is 14.2. The van der Waals surface area contributed by atoms with Crippen molar-refractivity contribution >= 4 is 17.9 Å². The van der Waals surface area contributed by atoms with Crippen molar-refractivity contribution in [3.63, 3.8) is 0 Å². The molecule has 0 saturated carbocycles. The van der Waals surface area contributed by atoms with Gasteiger partial charge in [0.25, 0.3) is 0 Å². The molecule has 1 atom stereocenters. The van der Waals surface area contributed by atoms with Crippen LogP contribution in [-0.2, 0) is 28.6 Å². The number of ether oxygens (including phenoxy) is 3. The Hall–Kier alpha value is -3.15. The zero-order valence-corrected chi connectivity index (χ0v) is 49.8. The van der Waals surface area contributed by atoms with Crippen LogP contribution in [0.3, 0.4) is 0 Å². The summed E-state index contributed by atoms with van der Waals surface area (Å²) in [5.41, 5.74) is 0. The Morgan fingerprint density at radius 2 is 0.520 bits per heavy atom. The Morgan fingerprint density at radius 3 is 0.840 bits per heavy atom. The van der Waals surface area contributed by atoms with Crippen LogP contribution in [0.4, 0.5) is 0 Å². The van der Waals surface area contributed by atoms with E-state index in [0.29, 0.717) is 19.3 Å². The lowest BCUT2D eigenvalue weighted by Crippen LogP contribution is -2.30. The first-order valence-electron chi connectivity index (χ1n) is 32.4. The number of carbonyl (C=O) groups excluding carboxylic acids is 3. The summed E-state index contributed by atoms with van der Waals surface area (Å²) in [6.07, 6.45) is 81.9. The van der Waals surface area contributed by atoms with Gasteiger partial charge in [0, 0.05) is 19.3 Å². The van der Waals surface area contributed by atoms with Crippen LogP contribution in [0.1, 0.15) is 329 Å². The van der Waals surface area contributed by atoms with E-state index in [0.717, 1.165) is 103 Å². The van der Waals surface area contributed by atoms with Gasteiger partial charge < -0.3 is 14.2 Å². The molecule has 0 amide bonds. The average molecular weight is 1050 g/mol. The topological polar surface area (TPSA) is 78.9 Å². The second kappa shape index (κ2) is 63.4. The van der Waals surface area contributed by atoms with Crippen molar-refractivity contribution in [2.45, 2.75) is 335 Å². The fraction of sp³-hybridized carbons (Fsp3) is 0.783. The largest absolute Gasteiger partial charge is 0.462 e. The van der Waals surface area contributed by atoms with Gasteiger partial charge in [-0.2, -0.15) is 0 Å². The first kappa shape index (κ1) is 71.8. The zero-order valence-electron chi connectivity index (χ0n) is 49.8. The maximum atomic E-state index is 12.9. The van der Waals surface area contributed by atoms with Crippen LogP contribution in [0.15, 0.2) is 72.9 Å². The smallest absolute Gasteiger partial charge is 0.306 e. The molecule has 0 aromatic heterocycles. The molecule has 0 aliphatic carbocycles. The highest BCUT2D eigenvalue weighted by atomic mass is 16.6. The minimum absolute atomic E-state index is 0.0829. The lowest BCUT2D eigenvalue weighted by atomic mass is 10.0. The van der Waals surface area contributed by atoms with Gasteiger partial charge in [-0.25, -0.2) is 0 Å². The number of allylic oxidation sites excluding steroid dienone is 12. The summed E-state index contributed by atoms with van der Waals surface area (Å²) in [7, 11) is 0. The molecule has 0 saturated heterocycles. The van der Waals surface area contributed by atoms with Crippen LogP contribution in [0.2, 0.25) is 0 Å². The van der Waals surface area contributed by atoms with Gasteiger partial charge >= 0.3 is 17.9 Å². The van der Waals surface area contributed by atoms with Crippen molar-refractivity contribution in [3.8, 4) is 0 Å². The van der Waals surface area contributed by atoms with E-state index in [9.17, 15) is 14.4 Å². The van der Waals surface area contributed by atoms with Crippen molar-refractivity contribution in [3.05, 3.63) is 72.9 Å². The van der Waals surface area contributed by atoms with Gasteiger partial charge in [-0.15, -0.1) is 0 Å². The molecule has 0 aliphatic heterocycles. The highest BCUT2D eigenvalue weighted by Gasteiger charge is 2.19. The average Bonchev–Trinajstić information content (AvgIpc) is 3.41. The molecule has 0 unspecified atom stereocenters. The van der Waals surface area contributed by atoms with Crippen LogP contribution in [0.5, 0.6) is 0 Å². The molecule has 0 aromatic carbocycles. The quantitative estimate of drug-likeness (QED) is 0.0261. The molecule has 0 fully saturated rings. The number of unbranched alkanes of at least 4 members (excludes halogenated alkanes) is 36. The third kappa shape index (κ3) is 61.6. The van der Waals surface area contributed by atoms with Crippen LogP contribution >= 0.6 is 0 Å². The summed E-state index contributed by atoms with van der Waals surface area (Å²) < 4.78 is 16.9. The Labute approximate surface area is 465 Å². The number of esters is 3. The molecule has 0 N–H and O–H groups in total. The molecule has 6 nitrogen and oxygen atoms in total. The van der Waals surface area contributed by atoms with Crippen LogP contribution in [0.25, 0.3) is 0 Å². The van der Waals surface area contributed by atoms with Gasteiger partial charge in [0.15, 0.2) is 6.10 Å². The second-order valence-electron chi connectivity index (χ2n) is 21.6.